The average Bonchev–Trinajstić information content (AvgIpc) is 2.96. The summed E-state index contributed by atoms with van der Waals surface area (Å²) >= 11 is 0. The van der Waals surface area contributed by atoms with Crippen LogP contribution in [0.15, 0.2) is 53.4 Å². The third-order valence-corrected chi connectivity index (χ3v) is 6.79. The van der Waals surface area contributed by atoms with Crippen molar-refractivity contribution < 1.29 is 18.3 Å². The van der Waals surface area contributed by atoms with Gasteiger partial charge >= 0.3 is 5.97 Å². The summed E-state index contributed by atoms with van der Waals surface area (Å²) in [7, 11) is -3.70. The van der Waals surface area contributed by atoms with Crippen LogP contribution in [0.25, 0.3) is 0 Å². The summed E-state index contributed by atoms with van der Waals surface area (Å²) in [6.07, 6.45) is 0.676. The maximum Gasteiger partial charge on any atom is 0.337 e. The summed E-state index contributed by atoms with van der Waals surface area (Å²) in [6, 6.07) is 14.6. The van der Waals surface area contributed by atoms with Crippen LogP contribution < -0.4 is 10.5 Å². The Morgan fingerprint density at radius 2 is 1.69 bits per heavy atom. The topological polar surface area (TPSA) is 114 Å². The molecule has 2 aromatic carbocycles. The van der Waals surface area contributed by atoms with Gasteiger partial charge in [0.15, 0.2) is 0 Å². The number of nitrogens with one attached hydrogen (secondary N) is 1. The zero-order valence-corrected chi connectivity index (χ0v) is 19.4. The van der Waals surface area contributed by atoms with Gasteiger partial charge in [0.1, 0.15) is 0 Å². The van der Waals surface area contributed by atoms with E-state index in [1.165, 1.54) is 17.7 Å². The Bertz CT molecular complexity index is 1230. The second kappa shape index (κ2) is 9.68. The molecule has 0 spiro atoms. The third-order valence-electron chi connectivity index (χ3n) is 5.86. The molecule has 7 nitrogen and oxygen atoms in total. The number of carbonyl (C=O) groups is 1. The van der Waals surface area contributed by atoms with Gasteiger partial charge in [0, 0.05) is 30.0 Å². The molecule has 0 aliphatic carbocycles. The van der Waals surface area contributed by atoms with E-state index in [9.17, 15) is 18.3 Å². The van der Waals surface area contributed by atoms with E-state index in [-0.39, 0.29) is 4.90 Å². The van der Waals surface area contributed by atoms with Gasteiger partial charge in [-0.1, -0.05) is 36.4 Å². The molecule has 0 aliphatic heterocycles. The molecule has 0 aliphatic rings. The molecule has 170 valence electrons. The van der Waals surface area contributed by atoms with E-state index in [0.717, 1.165) is 28.1 Å². The van der Waals surface area contributed by atoms with Crippen LogP contribution in [0.1, 0.15) is 44.0 Å². The number of carboxylic acids is 1. The first-order valence-corrected chi connectivity index (χ1v) is 11.9. The summed E-state index contributed by atoms with van der Waals surface area (Å²) < 4.78 is 24.8. The lowest BCUT2D eigenvalue weighted by Gasteiger charge is -2.12. The lowest BCUT2D eigenvalue weighted by atomic mass is 10.1. The highest BCUT2D eigenvalue weighted by molar-refractivity contribution is 7.89. The Morgan fingerprint density at radius 3 is 2.28 bits per heavy atom. The molecular formula is C24H29N3O4S. The summed E-state index contributed by atoms with van der Waals surface area (Å²) in [5.41, 5.74) is 6.11. The Balaban J connectivity index is 1.72. The van der Waals surface area contributed by atoms with Crippen LogP contribution in [0.2, 0.25) is 0 Å². The van der Waals surface area contributed by atoms with Crippen LogP contribution in [-0.4, -0.2) is 30.6 Å². The monoisotopic (exact) mass is 455 g/mol. The van der Waals surface area contributed by atoms with Gasteiger partial charge in [-0.3, -0.25) is 0 Å². The van der Waals surface area contributed by atoms with Gasteiger partial charge in [-0.15, -0.1) is 0 Å². The van der Waals surface area contributed by atoms with E-state index in [2.05, 4.69) is 28.9 Å². The van der Waals surface area contributed by atoms with Crippen molar-refractivity contribution in [2.24, 2.45) is 5.14 Å². The molecule has 0 amide bonds. The zero-order chi connectivity index (χ0) is 23.5. The fraction of sp³-hybridized carbons (Fsp3) is 0.292. The quantitative estimate of drug-likeness (QED) is 0.429. The number of primary sulfonamides is 1. The number of aromatic carboxylic acids is 1. The molecule has 0 saturated heterocycles. The van der Waals surface area contributed by atoms with Crippen molar-refractivity contribution in [1.82, 2.24) is 9.88 Å². The van der Waals surface area contributed by atoms with Gasteiger partial charge in [-0.05, 0) is 62.6 Å². The Morgan fingerprint density at radius 1 is 1.03 bits per heavy atom. The summed E-state index contributed by atoms with van der Waals surface area (Å²) in [5.74, 6) is -0.926. The second-order valence-corrected chi connectivity index (χ2v) is 9.52. The van der Waals surface area contributed by atoms with E-state index >= 15 is 0 Å². The first-order valence-electron chi connectivity index (χ1n) is 10.4. The van der Waals surface area contributed by atoms with Crippen molar-refractivity contribution >= 4 is 16.0 Å². The number of aryl methyl sites for hydroxylation is 1. The molecule has 0 unspecified atom stereocenters. The number of hydrogen-bond acceptors (Lipinski definition) is 4. The number of carboxylic acid groups (broad SMARTS) is 1. The lowest BCUT2D eigenvalue weighted by molar-refractivity contribution is 0.0694. The minimum Gasteiger partial charge on any atom is -0.478 e. The van der Waals surface area contributed by atoms with E-state index < -0.39 is 16.0 Å². The van der Waals surface area contributed by atoms with Crippen LogP contribution >= 0.6 is 0 Å². The molecule has 0 fully saturated rings. The number of hydrogen-bond donors (Lipinski definition) is 3. The summed E-state index contributed by atoms with van der Waals surface area (Å²) in [6.45, 7) is 7.55. The number of rotatable bonds is 9. The van der Waals surface area contributed by atoms with Gasteiger partial charge in [0.05, 0.1) is 10.5 Å². The van der Waals surface area contributed by atoms with Crippen LogP contribution in [-0.2, 0) is 29.5 Å². The van der Waals surface area contributed by atoms with Gasteiger partial charge in [-0.25, -0.2) is 18.4 Å². The Hall–Kier alpha value is -2.94. The zero-order valence-electron chi connectivity index (χ0n) is 18.6. The summed E-state index contributed by atoms with van der Waals surface area (Å²) in [4.78, 5) is 12.1. The second-order valence-electron chi connectivity index (χ2n) is 7.96. The smallest absolute Gasteiger partial charge is 0.337 e. The number of nitrogens with zero attached hydrogens (tertiary/aromatic N) is 1. The van der Waals surface area contributed by atoms with Gasteiger partial charge in [0.25, 0.3) is 0 Å². The molecule has 1 aromatic heterocycles. The molecule has 8 heteroatoms. The van der Waals surface area contributed by atoms with Gasteiger partial charge in [-0.2, -0.15) is 0 Å². The minimum atomic E-state index is -3.70. The predicted molar refractivity (Wildman–Crippen MR) is 124 cm³/mol. The fourth-order valence-electron chi connectivity index (χ4n) is 3.94. The molecule has 0 radical (unpaired) electrons. The van der Waals surface area contributed by atoms with E-state index in [0.29, 0.717) is 31.6 Å². The number of benzene rings is 2. The van der Waals surface area contributed by atoms with E-state index in [4.69, 9.17) is 5.14 Å². The largest absolute Gasteiger partial charge is 0.478 e. The highest BCUT2D eigenvalue weighted by atomic mass is 32.2. The number of nitrogens with two attached hydrogens (primary N) is 1. The molecule has 3 rings (SSSR count). The number of sulfonamides is 1. The molecule has 0 bridgehead atoms. The Kier molecular flexibility index (Phi) is 7.18. The molecule has 3 aromatic rings. The Labute approximate surface area is 188 Å². The molecular weight excluding hydrogens is 426 g/mol. The molecule has 1 heterocycles. The van der Waals surface area contributed by atoms with E-state index in [1.807, 2.05) is 26.0 Å². The van der Waals surface area contributed by atoms with E-state index in [1.54, 1.807) is 12.1 Å². The maximum atomic E-state index is 12.0. The van der Waals surface area contributed by atoms with Gasteiger partial charge < -0.3 is 15.0 Å². The van der Waals surface area contributed by atoms with Crippen molar-refractivity contribution in [3.63, 3.8) is 0 Å². The van der Waals surface area contributed by atoms with Crippen molar-refractivity contribution in [3.05, 3.63) is 87.7 Å². The molecule has 32 heavy (non-hydrogen) atoms. The highest BCUT2D eigenvalue weighted by Crippen LogP contribution is 2.24. The van der Waals surface area contributed by atoms with Crippen LogP contribution in [0.4, 0.5) is 0 Å². The van der Waals surface area contributed by atoms with Crippen LogP contribution in [0.5, 0.6) is 0 Å². The molecule has 0 saturated carbocycles. The van der Waals surface area contributed by atoms with Crippen molar-refractivity contribution in [3.8, 4) is 0 Å². The van der Waals surface area contributed by atoms with Crippen LogP contribution in [0, 0.1) is 20.8 Å². The molecule has 4 N–H and O–H groups in total. The average molecular weight is 456 g/mol. The maximum absolute atomic E-state index is 12.0. The minimum absolute atomic E-state index is 0.0846. The first kappa shape index (κ1) is 23.7. The van der Waals surface area contributed by atoms with Gasteiger partial charge in [0.2, 0.25) is 10.0 Å². The first-order chi connectivity index (χ1) is 15.1. The predicted octanol–water partition coefficient (Wildman–Crippen LogP) is 3.14. The SMILES string of the molecule is Cc1ccccc1Cn1c(C)c(CNCCc2ccc(S(N)(=O)=O)cc2)c(C(=O)O)c1C. The van der Waals surface area contributed by atoms with Crippen molar-refractivity contribution in [2.75, 3.05) is 6.54 Å². The van der Waals surface area contributed by atoms with Crippen molar-refractivity contribution in [1.29, 1.82) is 0 Å². The lowest BCUT2D eigenvalue weighted by Crippen LogP contribution is -2.19. The fourth-order valence-corrected chi connectivity index (χ4v) is 4.45. The van der Waals surface area contributed by atoms with Crippen LogP contribution in [0.3, 0.4) is 0 Å². The number of aromatic nitrogens is 1. The third kappa shape index (κ3) is 5.27. The standard InChI is InChI=1S/C24H29N3O4S/c1-16-6-4-5-7-20(16)15-27-17(2)22(23(18(27)3)24(28)29)14-26-13-12-19-8-10-21(11-9-19)32(25,30)31/h4-11,26H,12-15H2,1-3H3,(H,28,29)(H2,25,30,31). The highest BCUT2D eigenvalue weighted by Gasteiger charge is 2.22. The molecule has 0 atom stereocenters. The summed E-state index contributed by atoms with van der Waals surface area (Å²) in [5, 5.41) is 18.3. The van der Waals surface area contributed by atoms with Crippen molar-refractivity contribution in [2.45, 2.75) is 45.2 Å². The normalized spacial score (nSPS) is 11.6.